The van der Waals surface area contributed by atoms with Crippen molar-refractivity contribution < 1.29 is 8.42 Å². The highest BCUT2D eigenvalue weighted by Crippen LogP contribution is 2.32. The molecule has 2 aliphatic heterocycles. The van der Waals surface area contributed by atoms with Gasteiger partial charge in [0.1, 0.15) is 0 Å². The summed E-state index contributed by atoms with van der Waals surface area (Å²) in [6.07, 6.45) is 3.44. The van der Waals surface area contributed by atoms with E-state index in [-0.39, 0.29) is 0 Å². The van der Waals surface area contributed by atoms with E-state index >= 15 is 0 Å². The largest absolute Gasteiger partial charge is 0.312 e. The molecule has 3 heterocycles. The van der Waals surface area contributed by atoms with Gasteiger partial charge in [0.05, 0.1) is 4.90 Å². The summed E-state index contributed by atoms with van der Waals surface area (Å²) >= 11 is 0. The highest BCUT2D eigenvalue weighted by atomic mass is 32.2. The summed E-state index contributed by atoms with van der Waals surface area (Å²) in [4.78, 5) is 4.55. The SMILES string of the molecule is Cc1cncc2cccc(S(=O)(=O)N3CC4CNC4C3)c12. The Morgan fingerprint density at radius 1 is 1.29 bits per heavy atom. The molecule has 5 nitrogen and oxygen atoms in total. The molecule has 2 atom stereocenters. The summed E-state index contributed by atoms with van der Waals surface area (Å²) in [5, 5.41) is 4.96. The fourth-order valence-electron chi connectivity index (χ4n) is 3.33. The van der Waals surface area contributed by atoms with Crippen LogP contribution in [0.3, 0.4) is 0 Å². The number of aromatic nitrogens is 1. The monoisotopic (exact) mass is 303 g/mol. The van der Waals surface area contributed by atoms with Gasteiger partial charge in [0.15, 0.2) is 0 Å². The van der Waals surface area contributed by atoms with Gasteiger partial charge in [-0.15, -0.1) is 0 Å². The zero-order chi connectivity index (χ0) is 14.6. The average Bonchev–Trinajstić information content (AvgIpc) is 2.74. The first kappa shape index (κ1) is 13.2. The van der Waals surface area contributed by atoms with Crippen molar-refractivity contribution in [2.75, 3.05) is 19.6 Å². The molecule has 110 valence electrons. The number of benzene rings is 1. The molecule has 0 saturated carbocycles. The Bertz CT molecular complexity index is 802. The molecule has 0 amide bonds. The van der Waals surface area contributed by atoms with Gasteiger partial charge in [0, 0.05) is 54.8 Å². The molecule has 0 spiro atoms. The predicted octanol–water partition coefficient (Wildman–Crippen LogP) is 1.14. The number of fused-ring (bicyclic) bond motifs is 2. The smallest absolute Gasteiger partial charge is 0.243 e. The van der Waals surface area contributed by atoms with Gasteiger partial charge < -0.3 is 5.32 Å². The third-order valence-corrected chi connectivity index (χ3v) is 6.48. The van der Waals surface area contributed by atoms with E-state index in [0.717, 1.165) is 22.9 Å². The van der Waals surface area contributed by atoms with Crippen molar-refractivity contribution in [3.63, 3.8) is 0 Å². The molecule has 0 radical (unpaired) electrons. The standard InChI is InChI=1S/C15H17N3O2S/c1-10-5-16-6-11-3-2-4-14(15(10)11)21(19,20)18-8-12-7-17-13(12)9-18/h2-6,12-13,17H,7-9H2,1H3. The zero-order valence-electron chi connectivity index (χ0n) is 11.8. The van der Waals surface area contributed by atoms with Gasteiger partial charge >= 0.3 is 0 Å². The van der Waals surface area contributed by atoms with Gasteiger partial charge in [-0.3, -0.25) is 4.98 Å². The van der Waals surface area contributed by atoms with E-state index < -0.39 is 10.0 Å². The third-order valence-electron chi connectivity index (χ3n) is 4.60. The number of rotatable bonds is 2. The molecule has 21 heavy (non-hydrogen) atoms. The number of hydrogen-bond donors (Lipinski definition) is 1. The van der Waals surface area contributed by atoms with Crippen LogP contribution in [0.15, 0.2) is 35.5 Å². The van der Waals surface area contributed by atoms with Crippen molar-refractivity contribution >= 4 is 20.8 Å². The lowest BCUT2D eigenvalue weighted by Gasteiger charge is -2.30. The number of pyridine rings is 1. The van der Waals surface area contributed by atoms with Gasteiger partial charge in [-0.25, -0.2) is 8.42 Å². The summed E-state index contributed by atoms with van der Waals surface area (Å²) in [6, 6.07) is 5.73. The van der Waals surface area contributed by atoms with E-state index in [4.69, 9.17) is 0 Å². The maximum absolute atomic E-state index is 13.0. The lowest BCUT2D eigenvalue weighted by Crippen LogP contribution is -2.51. The van der Waals surface area contributed by atoms with Crippen LogP contribution in [0.5, 0.6) is 0 Å². The molecular formula is C15H17N3O2S. The Hall–Kier alpha value is -1.50. The van der Waals surface area contributed by atoms with Gasteiger partial charge in [-0.1, -0.05) is 12.1 Å². The normalized spacial score (nSPS) is 25.8. The van der Waals surface area contributed by atoms with Crippen LogP contribution in [0.25, 0.3) is 10.8 Å². The topological polar surface area (TPSA) is 62.3 Å². The number of nitrogens with zero attached hydrogens (tertiary/aromatic N) is 2. The molecule has 0 aliphatic carbocycles. The maximum Gasteiger partial charge on any atom is 0.243 e. The van der Waals surface area contributed by atoms with E-state index in [1.54, 1.807) is 28.8 Å². The van der Waals surface area contributed by atoms with Crippen molar-refractivity contribution in [1.82, 2.24) is 14.6 Å². The second-order valence-electron chi connectivity index (χ2n) is 5.91. The molecule has 0 bridgehead atoms. The highest BCUT2D eigenvalue weighted by Gasteiger charge is 2.44. The van der Waals surface area contributed by atoms with E-state index in [1.807, 2.05) is 13.0 Å². The third kappa shape index (κ3) is 1.90. The van der Waals surface area contributed by atoms with Gasteiger partial charge in [0.2, 0.25) is 10.0 Å². The van der Waals surface area contributed by atoms with Gasteiger partial charge in [-0.2, -0.15) is 4.31 Å². The van der Waals surface area contributed by atoms with E-state index in [2.05, 4.69) is 10.3 Å². The Kier molecular flexibility index (Phi) is 2.82. The second kappa shape index (κ2) is 4.50. The summed E-state index contributed by atoms with van der Waals surface area (Å²) in [5.74, 6) is 0.470. The molecule has 2 saturated heterocycles. The van der Waals surface area contributed by atoms with Crippen LogP contribution in [0.1, 0.15) is 5.56 Å². The van der Waals surface area contributed by atoms with E-state index in [0.29, 0.717) is 29.9 Å². The fourth-order valence-corrected chi connectivity index (χ4v) is 5.14. The van der Waals surface area contributed by atoms with Crippen LogP contribution in [-0.2, 0) is 10.0 Å². The minimum Gasteiger partial charge on any atom is -0.312 e. The van der Waals surface area contributed by atoms with Crippen molar-refractivity contribution in [2.24, 2.45) is 5.92 Å². The first-order valence-electron chi connectivity index (χ1n) is 7.14. The van der Waals surface area contributed by atoms with Crippen LogP contribution < -0.4 is 5.32 Å². The number of hydrogen-bond acceptors (Lipinski definition) is 4. The quantitative estimate of drug-likeness (QED) is 0.903. The Morgan fingerprint density at radius 2 is 2.14 bits per heavy atom. The highest BCUT2D eigenvalue weighted by molar-refractivity contribution is 7.89. The molecule has 4 rings (SSSR count). The Labute approximate surface area is 124 Å². The predicted molar refractivity (Wildman–Crippen MR) is 80.5 cm³/mol. The minimum atomic E-state index is -3.45. The minimum absolute atomic E-state index is 0.331. The summed E-state index contributed by atoms with van der Waals surface area (Å²) in [5.41, 5.74) is 0.895. The molecule has 1 aromatic carbocycles. The Balaban J connectivity index is 1.86. The van der Waals surface area contributed by atoms with Crippen molar-refractivity contribution in [3.05, 3.63) is 36.2 Å². The second-order valence-corrected chi connectivity index (χ2v) is 7.81. The van der Waals surface area contributed by atoms with Crippen molar-refractivity contribution in [3.8, 4) is 0 Å². The number of aryl methyl sites for hydroxylation is 1. The lowest BCUT2D eigenvalue weighted by atomic mass is 9.96. The molecule has 1 N–H and O–H groups in total. The Morgan fingerprint density at radius 3 is 2.81 bits per heavy atom. The van der Waals surface area contributed by atoms with Crippen LogP contribution in [0, 0.1) is 12.8 Å². The lowest BCUT2D eigenvalue weighted by molar-refractivity contribution is 0.297. The molecule has 2 fully saturated rings. The van der Waals surface area contributed by atoms with E-state index in [1.165, 1.54) is 0 Å². The van der Waals surface area contributed by atoms with Crippen LogP contribution in [0.4, 0.5) is 0 Å². The van der Waals surface area contributed by atoms with Gasteiger partial charge in [0.25, 0.3) is 0 Å². The molecule has 2 aliphatic rings. The van der Waals surface area contributed by atoms with Crippen LogP contribution in [-0.4, -0.2) is 43.4 Å². The molecule has 2 unspecified atom stereocenters. The first-order valence-corrected chi connectivity index (χ1v) is 8.58. The molecule has 6 heteroatoms. The average molecular weight is 303 g/mol. The van der Waals surface area contributed by atoms with Crippen LogP contribution >= 0.6 is 0 Å². The first-order chi connectivity index (χ1) is 10.1. The summed E-state index contributed by atoms with van der Waals surface area (Å²) in [7, 11) is -3.45. The molecule has 2 aromatic rings. The van der Waals surface area contributed by atoms with Gasteiger partial charge in [-0.05, 0) is 18.6 Å². The van der Waals surface area contributed by atoms with Crippen molar-refractivity contribution in [1.29, 1.82) is 0 Å². The number of sulfonamides is 1. The molecular weight excluding hydrogens is 286 g/mol. The number of nitrogens with one attached hydrogen (secondary N) is 1. The maximum atomic E-state index is 13.0. The van der Waals surface area contributed by atoms with Crippen molar-refractivity contribution in [2.45, 2.75) is 17.9 Å². The zero-order valence-corrected chi connectivity index (χ0v) is 12.6. The fraction of sp³-hybridized carbons (Fsp3) is 0.400. The van der Waals surface area contributed by atoms with Crippen LogP contribution in [0.2, 0.25) is 0 Å². The van der Waals surface area contributed by atoms with E-state index in [9.17, 15) is 8.42 Å². The molecule has 1 aromatic heterocycles. The summed E-state index contributed by atoms with van der Waals surface area (Å²) in [6.45, 7) is 4.03. The summed E-state index contributed by atoms with van der Waals surface area (Å²) < 4.78 is 27.6.